The molecule has 13 heteroatoms. The maximum absolute atomic E-state index is 14.9. The Labute approximate surface area is 237 Å². The smallest absolute Gasteiger partial charge is 0.323 e. The largest absolute Gasteiger partial charge is 0.457 e. The van der Waals surface area contributed by atoms with Crippen molar-refractivity contribution in [2.45, 2.75) is 32.9 Å². The highest BCUT2D eigenvalue weighted by Crippen LogP contribution is 2.31. The van der Waals surface area contributed by atoms with Crippen molar-refractivity contribution in [3.05, 3.63) is 77.9 Å². The van der Waals surface area contributed by atoms with Gasteiger partial charge in [-0.1, -0.05) is 12.1 Å². The summed E-state index contributed by atoms with van der Waals surface area (Å²) < 4.78 is 47.5. The number of benzene rings is 2. The van der Waals surface area contributed by atoms with Crippen LogP contribution in [-0.4, -0.2) is 42.0 Å². The van der Waals surface area contributed by atoms with Gasteiger partial charge in [0.05, 0.1) is 17.6 Å². The highest BCUT2D eigenvalue weighted by atomic mass is 32.2. The Balaban J connectivity index is 1.30. The Bertz CT molecular complexity index is 1710. The molecule has 0 radical (unpaired) electrons. The topological polar surface area (TPSA) is 139 Å². The second-order valence-corrected chi connectivity index (χ2v) is 11.7. The molecule has 0 aliphatic carbocycles. The van der Waals surface area contributed by atoms with Gasteiger partial charge in [0.1, 0.15) is 28.8 Å². The van der Waals surface area contributed by atoms with E-state index in [2.05, 4.69) is 37.8 Å². The second kappa shape index (κ2) is 11.6. The first-order chi connectivity index (χ1) is 19.5. The molecule has 5 rings (SSSR count). The summed E-state index contributed by atoms with van der Waals surface area (Å²) >= 11 is 0. The summed E-state index contributed by atoms with van der Waals surface area (Å²) in [5.41, 5.74) is 4.45. The molecule has 0 spiro atoms. The van der Waals surface area contributed by atoms with Gasteiger partial charge in [0.25, 0.3) is 0 Å². The van der Waals surface area contributed by atoms with Gasteiger partial charge in [0.15, 0.2) is 0 Å². The van der Waals surface area contributed by atoms with E-state index in [0.29, 0.717) is 11.4 Å². The van der Waals surface area contributed by atoms with E-state index in [0.717, 1.165) is 37.4 Å². The molecule has 0 saturated carbocycles. The number of anilines is 3. The van der Waals surface area contributed by atoms with E-state index >= 15 is 0 Å². The quantitative estimate of drug-likeness (QED) is 0.227. The number of fused-ring (bicyclic) bond motifs is 1. The number of ether oxygens (including phenoxy) is 1. The van der Waals surface area contributed by atoms with Crippen molar-refractivity contribution in [1.29, 1.82) is 0 Å². The van der Waals surface area contributed by atoms with Crippen molar-refractivity contribution >= 4 is 33.2 Å². The fraction of sp³-hybridized carbons (Fsp3) is 0.250. The Morgan fingerprint density at radius 2 is 1.83 bits per heavy atom. The number of carbonyl (C=O) groups excluding carboxylic acids is 1. The van der Waals surface area contributed by atoms with Crippen LogP contribution >= 0.6 is 0 Å². The average molecular weight is 580 g/mol. The highest BCUT2D eigenvalue weighted by Gasteiger charge is 2.18. The predicted molar refractivity (Wildman–Crippen MR) is 155 cm³/mol. The van der Waals surface area contributed by atoms with Gasteiger partial charge in [-0.25, -0.2) is 22.6 Å². The summed E-state index contributed by atoms with van der Waals surface area (Å²) in [5, 5.41) is 13.4. The number of rotatable bonds is 8. The molecule has 11 nitrogen and oxygen atoms in total. The third-order valence-corrected chi connectivity index (χ3v) is 6.90. The molecule has 0 fully saturated rings. The lowest BCUT2D eigenvalue weighted by Gasteiger charge is -2.17. The van der Waals surface area contributed by atoms with Crippen molar-refractivity contribution in [2.24, 2.45) is 0 Å². The van der Waals surface area contributed by atoms with Crippen molar-refractivity contribution in [3.8, 4) is 22.8 Å². The number of urea groups is 1. The number of hydrogen-bond donors (Lipinski definition) is 4. The summed E-state index contributed by atoms with van der Waals surface area (Å²) in [6.45, 7) is 5.72. The Morgan fingerprint density at radius 3 is 2.59 bits per heavy atom. The first kappa shape index (κ1) is 28.1. The van der Waals surface area contributed by atoms with Crippen LogP contribution < -0.4 is 25.4 Å². The number of pyridine rings is 1. The van der Waals surface area contributed by atoms with Crippen LogP contribution in [0.25, 0.3) is 11.3 Å². The summed E-state index contributed by atoms with van der Waals surface area (Å²) in [7, 11) is -3.52. The molecule has 2 aromatic carbocycles. The first-order valence-corrected chi connectivity index (χ1v) is 14.8. The third-order valence-electron chi connectivity index (χ3n) is 6.32. The van der Waals surface area contributed by atoms with Gasteiger partial charge in [-0.2, -0.15) is 5.10 Å². The number of hydrogen-bond acceptors (Lipinski definition) is 7. The monoisotopic (exact) mass is 579 g/mol. The molecule has 4 N–H and O–H groups in total. The van der Waals surface area contributed by atoms with Crippen LogP contribution in [0.4, 0.5) is 26.4 Å². The van der Waals surface area contributed by atoms with E-state index in [-0.39, 0.29) is 29.0 Å². The average Bonchev–Trinajstić information content (AvgIpc) is 3.33. The van der Waals surface area contributed by atoms with E-state index in [1.165, 1.54) is 41.6 Å². The van der Waals surface area contributed by atoms with Crippen LogP contribution in [0.15, 0.2) is 60.9 Å². The number of aromatic nitrogens is 3. The van der Waals surface area contributed by atoms with E-state index in [9.17, 15) is 17.6 Å². The fourth-order valence-corrected chi connectivity index (χ4v) is 4.87. The molecule has 3 heterocycles. The number of carbonyl (C=O) groups is 1. The van der Waals surface area contributed by atoms with Gasteiger partial charge >= 0.3 is 6.03 Å². The molecule has 4 aromatic rings. The Morgan fingerprint density at radius 1 is 1.05 bits per heavy atom. The zero-order valence-corrected chi connectivity index (χ0v) is 23.5. The number of nitrogens with zero attached hydrogens (tertiary/aromatic N) is 3. The number of amides is 2. The molecular formula is C28H30FN7O4S. The van der Waals surface area contributed by atoms with Crippen molar-refractivity contribution in [1.82, 2.24) is 20.1 Å². The molecule has 0 saturated heterocycles. The standard InChI is InChI=1S/C28H30FN7O4S/c1-17(2)36-16-25(27(34-36)19-4-5-20-15-30-10-8-18(20)12-19)33-28(37)32-24-7-6-21(13-23(24)29)40-22-9-11-31-26(14-22)35-41(3,38)39/h4-7,9,11-14,16-17,30H,8,10,15H2,1-3H3,(H,31,35)(H2,32,33,37). The number of nitrogens with one attached hydrogen (secondary N) is 4. The Kier molecular flexibility index (Phi) is 7.90. The summed E-state index contributed by atoms with van der Waals surface area (Å²) in [6, 6.07) is 12.4. The zero-order valence-electron chi connectivity index (χ0n) is 22.7. The molecule has 0 atom stereocenters. The van der Waals surface area contributed by atoms with E-state index in [4.69, 9.17) is 9.84 Å². The van der Waals surface area contributed by atoms with Crippen LogP contribution in [0.3, 0.4) is 0 Å². The van der Waals surface area contributed by atoms with E-state index in [1.807, 2.05) is 19.9 Å². The van der Waals surface area contributed by atoms with Gasteiger partial charge < -0.3 is 20.7 Å². The lowest BCUT2D eigenvalue weighted by atomic mass is 9.97. The SMILES string of the molecule is CC(C)n1cc(NC(=O)Nc2ccc(Oc3ccnc(NS(C)(=O)=O)c3)cc2F)c(-c2ccc3c(c2)CCNC3)n1. The molecule has 0 unspecified atom stereocenters. The first-order valence-electron chi connectivity index (χ1n) is 13.0. The maximum atomic E-state index is 14.9. The van der Waals surface area contributed by atoms with Gasteiger partial charge in [0, 0.05) is 42.7 Å². The third kappa shape index (κ3) is 6.99. The normalized spacial score (nSPS) is 13.0. The molecule has 2 amide bonds. The van der Waals surface area contributed by atoms with Crippen LogP contribution in [-0.2, 0) is 23.0 Å². The highest BCUT2D eigenvalue weighted by molar-refractivity contribution is 7.92. The van der Waals surface area contributed by atoms with Crippen LogP contribution in [0.5, 0.6) is 11.5 Å². The van der Waals surface area contributed by atoms with Gasteiger partial charge in [-0.3, -0.25) is 9.40 Å². The number of halogens is 1. The molecule has 0 bridgehead atoms. The molecule has 1 aliphatic rings. The molecular weight excluding hydrogens is 549 g/mol. The lowest BCUT2D eigenvalue weighted by Crippen LogP contribution is -2.23. The van der Waals surface area contributed by atoms with Gasteiger partial charge in [-0.15, -0.1) is 0 Å². The molecule has 41 heavy (non-hydrogen) atoms. The van der Waals surface area contributed by atoms with E-state index in [1.54, 1.807) is 10.9 Å². The Hall–Kier alpha value is -4.49. The molecule has 1 aliphatic heterocycles. The van der Waals surface area contributed by atoms with Crippen LogP contribution in [0.2, 0.25) is 0 Å². The minimum Gasteiger partial charge on any atom is -0.457 e. The minimum absolute atomic E-state index is 0.0527. The summed E-state index contributed by atoms with van der Waals surface area (Å²) in [6.07, 6.45) is 5.03. The molecule has 2 aromatic heterocycles. The number of sulfonamides is 1. The summed E-state index contributed by atoms with van der Waals surface area (Å²) in [5.74, 6) is -0.263. The van der Waals surface area contributed by atoms with Crippen LogP contribution in [0, 0.1) is 5.82 Å². The summed E-state index contributed by atoms with van der Waals surface area (Å²) in [4.78, 5) is 16.8. The second-order valence-electron chi connectivity index (χ2n) is 9.95. The predicted octanol–water partition coefficient (Wildman–Crippen LogP) is 5.12. The molecule has 214 valence electrons. The zero-order chi connectivity index (χ0) is 29.1. The van der Waals surface area contributed by atoms with Gasteiger partial charge in [-0.05, 0) is 62.2 Å². The lowest BCUT2D eigenvalue weighted by molar-refractivity contribution is 0.262. The van der Waals surface area contributed by atoms with E-state index < -0.39 is 21.9 Å². The minimum atomic E-state index is -3.52. The van der Waals surface area contributed by atoms with Crippen molar-refractivity contribution < 1.29 is 22.3 Å². The van der Waals surface area contributed by atoms with Gasteiger partial charge in [0.2, 0.25) is 10.0 Å². The van der Waals surface area contributed by atoms with Crippen LogP contribution in [0.1, 0.15) is 31.0 Å². The van der Waals surface area contributed by atoms with Crippen molar-refractivity contribution in [3.63, 3.8) is 0 Å². The fourth-order valence-electron chi connectivity index (χ4n) is 4.38. The maximum Gasteiger partial charge on any atom is 0.323 e. The van der Waals surface area contributed by atoms with Crippen molar-refractivity contribution in [2.75, 3.05) is 28.2 Å².